The van der Waals surface area contributed by atoms with Gasteiger partial charge < -0.3 is 16.4 Å². The molecule has 31 heavy (non-hydrogen) atoms. The third-order valence-corrected chi connectivity index (χ3v) is 7.14. The summed E-state index contributed by atoms with van der Waals surface area (Å²) in [6.45, 7) is 0.633. The minimum atomic E-state index is -4.50. The van der Waals surface area contributed by atoms with Gasteiger partial charge in [0.25, 0.3) is 0 Å². The molecule has 0 aromatic heterocycles. The van der Waals surface area contributed by atoms with E-state index in [4.69, 9.17) is 5.73 Å². The largest absolute Gasteiger partial charge is 0.416 e. The zero-order valence-electron chi connectivity index (χ0n) is 17.1. The first-order valence-corrected chi connectivity index (χ1v) is 11.5. The van der Waals surface area contributed by atoms with Gasteiger partial charge in [-0.2, -0.15) is 13.2 Å². The van der Waals surface area contributed by atoms with E-state index < -0.39 is 11.7 Å². The number of anilines is 3. The van der Waals surface area contributed by atoms with E-state index in [0.717, 1.165) is 61.2 Å². The van der Waals surface area contributed by atoms with E-state index in [2.05, 4.69) is 10.6 Å². The van der Waals surface area contributed by atoms with Crippen molar-refractivity contribution in [3.8, 4) is 0 Å². The van der Waals surface area contributed by atoms with Crippen LogP contribution in [0.15, 0.2) is 46.2 Å². The molecule has 0 spiro atoms. The number of nitrogens with one attached hydrogen (secondary N) is 2. The van der Waals surface area contributed by atoms with Crippen molar-refractivity contribution in [1.29, 1.82) is 0 Å². The Hall–Kier alpha value is -2.19. The van der Waals surface area contributed by atoms with Crippen molar-refractivity contribution < 1.29 is 18.0 Å². The molecule has 1 aliphatic carbocycles. The topological polar surface area (TPSA) is 67.2 Å². The lowest BCUT2D eigenvalue weighted by atomic mass is 9.79. The van der Waals surface area contributed by atoms with Gasteiger partial charge in [-0.15, -0.1) is 0 Å². The van der Waals surface area contributed by atoms with Crippen LogP contribution in [0.1, 0.15) is 44.1 Å². The van der Waals surface area contributed by atoms with Crippen LogP contribution in [-0.4, -0.2) is 12.5 Å². The fourth-order valence-electron chi connectivity index (χ4n) is 4.43. The number of fused-ring (bicyclic) bond motifs is 2. The number of halogens is 3. The SMILES string of the molecule is NCCCC1CCCC(C(=O)Nc2cc(C(F)(F)F)cc3c2Nc2ccccc2S3)C1. The predicted octanol–water partition coefficient (Wildman–Crippen LogP) is 6.40. The van der Waals surface area contributed by atoms with Crippen molar-refractivity contribution in [3.05, 3.63) is 42.0 Å². The zero-order valence-corrected chi connectivity index (χ0v) is 17.9. The summed E-state index contributed by atoms with van der Waals surface area (Å²) < 4.78 is 40.6. The maximum Gasteiger partial charge on any atom is 0.416 e. The van der Waals surface area contributed by atoms with Crippen molar-refractivity contribution in [3.63, 3.8) is 0 Å². The molecule has 1 fully saturated rings. The van der Waals surface area contributed by atoms with Gasteiger partial charge in [0.2, 0.25) is 5.91 Å². The van der Waals surface area contributed by atoms with Crippen LogP contribution < -0.4 is 16.4 Å². The Morgan fingerprint density at radius 3 is 2.77 bits per heavy atom. The third kappa shape index (κ3) is 5.01. The average Bonchev–Trinajstić information content (AvgIpc) is 2.75. The first-order chi connectivity index (χ1) is 14.8. The summed E-state index contributed by atoms with van der Waals surface area (Å²) in [5, 5.41) is 6.04. The lowest BCUT2D eigenvalue weighted by Gasteiger charge is -2.29. The fourth-order valence-corrected chi connectivity index (χ4v) is 5.49. The highest BCUT2D eigenvalue weighted by atomic mass is 32.2. The number of para-hydroxylation sites is 1. The fraction of sp³-hybridized carbons (Fsp3) is 0.435. The molecule has 2 aromatic rings. The van der Waals surface area contributed by atoms with Gasteiger partial charge in [-0.1, -0.05) is 36.7 Å². The van der Waals surface area contributed by atoms with Gasteiger partial charge in [-0.25, -0.2) is 0 Å². The van der Waals surface area contributed by atoms with Crippen molar-refractivity contribution >= 4 is 34.7 Å². The summed E-state index contributed by atoms with van der Waals surface area (Å²) in [4.78, 5) is 14.3. The van der Waals surface area contributed by atoms with Crippen LogP contribution in [0, 0.1) is 11.8 Å². The smallest absolute Gasteiger partial charge is 0.352 e. The first-order valence-electron chi connectivity index (χ1n) is 10.6. The molecule has 2 atom stereocenters. The lowest BCUT2D eigenvalue weighted by molar-refractivity contribution is -0.137. The quantitative estimate of drug-likeness (QED) is 0.422. The molecule has 0 saturated heterocycles. The number of rotatable bonds is 5. The number of alkyl halides is 3. The van der Waals surface area contributed by atoms with Gasteiger partial charge in [-0.05, 0) is 62.4 Å². The minimum Gasteiger partial charge on any atom is -0.352 e. The molecule has 2 aliphatic rings. The molecule has 4 N–H and O–H groups in total. The highest BCUT2D eigenvalue weighted by Crippen LogP contribution is 2.49. The normalized spacial score (nSPS) is 20.4. The standard InChI is InChI=1S/C23H26F3N3OS/c24-23(25,26)16-12-18(21-20(13-16)31-19-9-2-1-8-17(19)28-21)29-22(30)15-7-3-5-14(11-15)6-4-10-27/h1-2,8-9,12-15,28H,3-7,10-11,27H2,(H,29,30). The van der Waals surface area contributed by atoms with Crippen LogP contribution in [0.4, 0.5) is 30.2 Å². The van der Waals surface area contributed by atoms with Crippen LogP contribution in [0.25, 0.3) is 0 Å². The van der Waals surface area contributed by atoms with Gasteiger partial charge in [0.1, 0.15) is 0 Å². The second-order valence-electron chi connectivity index (χ2n) is 8.27. The van der Waals surface area contributed by atoms with E-state index in [1.807, 2.05) is 24.3 Å². The highest BCUT2D eigenvalue weighted by molar-refractivity contribution is 7.99. The second kappa shape index (κ2) is 9.12. The molecule has 0 radical (unpaired) electrons. The molecule has 4 rings (SSSR count). The van der Waals surface area contributed by atoms with Crippen molar-refractivity contribution in [2.75, 3.05) is 17.2 Å². The van der Waals surface area contributed by atoms with Gasteiger partial charge >= 0.3 is 6.18 Å². The van der Waals surface area contributed by atoms with Crippen LogP contribution in [-0.2, 0) is 11.0 Å². The first kappa shape index (κ1) is 22.0. The molecule has 1 heterocycles. The number of hydrogen-bond donors (Lipinski definition) is 3. The Bertz CT molecular complexity index is 964. The van der Waals surface area contributed by atoms with Crippen molar-refractivity contribution in [1.82, 2.24) is 0 Å². The van der Waals surface area contributed by atoms with Crippen LogP contribution in [0.3, 0.4) is 0 Å². The van der Waals surface area contributed by atoms with Crippen LogP contribution in [0.2, 0.25) is 0 Å². The number of hydrogen-bond acceptors (Lipinski definition) is 4. The molecule has 4 nitrogen and oxygen atoms in total. The molecular weight excluding hydrogens is 423 g/mol. The molecule has 1 amide bonds. The van der Waals surface area contributed by atoms with Gasteiger partial charge in [0.05, 0.1) is 22.6 Å². The molecule has 2 unspecified atom stereocenters. The minimum absolute atomic E-state index is 0.181. The Labute approximate surface area is 184 Å². The lowest BCUT2D eigenvalue weighted by Crippen LogP contribution is -2.29. The van der Waals surface area contributed by atoms with Crippen molar-refractivity contribution in [2.45, 2.75) is 54.5 Å². The number of nitrogens with two attached hydrogens (primary N) is 1. The monoisotopic (exact) mass is 449 g/mol. The average molecular weight is 450 g/mol. The summed E-state index contributed by atoms with van der Waals surface area (Å²) in [6, 6.07) is 9.62. The van der Waals surface area contributed by atoms with Gasteiger partial charge in [-0.3, -0.25) is 4.79 Å². The molecule has 1 saturated carbocycles. The number of amides is 1. The Morgan fingerprint density at radius 2 is 2.00 bits per heavy atom. The summed E-state index contributed by atoms with van der Waals surface area (Å²) in [5.74, 6) is 0.0545. The number of carbonyl (C=O) groups is 1. The second-order valence-corrected chi connectivity index (χ2v) is 9.35. The number of benzene rings is 2. The number of carbonyl (C=O) groups excluding carboxylic acids is 1. The summed E-state index contributed by atoms with van der Waals surface area (Å²) in [7, 11) is 0. The maximum atomic E-state index is 13.5. The van der Waals surface area contributed by atoms with E-state index in [0.29, 0.717) is 23.0 Å². The van der Waals surface area contributed by atoms with E-state index in [9.17, 15) is 18.0 Å². The van der Waals surface area contributed by atoms with Crippen molar-refractivity contribution in [2.24, 2.45) is 17.6 Å². The Kier molecular flexibility index (Phi) is 6.48. The zero-order chi connectivity index (χ0) is 22.0. The van der Waals surface area contributed by atoms with E-state index in [-0.39, 0.29) is 17.5 Å². The predicted molar refractivity (Wildman–Crippen MR) is 118 cm³/mol. The third-order valence-electron chi connectivity index (χ3n) is 6.02. The summed E-state index contributed by atoms with van der Waals surface area (Å²) in [5.41, 5.74) is 6.36. The van der Waals surface area contributed by atoms with Crippen LogP contribution >= 0.6 is 11.8 Å². The summed E-state index contributed by atoms with van der Waals surface area (Å²) in [6.07, 6.45) is 0.988. The van der Waals surface area contributed by atoms with Gasteiger partial charge in [0, 0.05) is 15.7 Å². The maximum absolute atomic E-state index is 13.5. The molecule has 2 aromatic carbocycles. The molecule has 8 heteroatoms. The molecular formula is C23H26F3N3OS. The van der Waals surface area contributed by atoms with E-state index >= 15 is 0 Å². The van der Waals surface area contributed by atoms with E-state index in [1.54, 1.807) is 0 Å². The highest BCUT2D eigenvalue weighted by Gasteiger charge is 2.34. The Balaban J connectivity index is 1.59. The van der Waals surface area contributed by atoms with Crippen LogP contribution in [0.5, 0.6) is 0 Å². The molecule has 0 bridgehead atoms. The van der Waals surface area contributed by atoms with E-state index in [1.165, 1.54) is 11.8 Å². The molecule has 1 aliphatic heterocycles. The Morgan fingerprint density at radius 1 is 1.19 bits per heavy atom. The summed E-state index contributed by atoms with van der Waals surface area (Å²) >= 11 is 1.27. The molecule has 166 valence electrons. The van der Waals surface area contributed by atoms with Gasteiger partial charge in [0.15, 0.2) is 0 Å².